The molecular formula is C27H45Br. The lowest BCUT2D eigenvalue weighted by molar-refractivity contribution is 0.283. The number of allylic oxidation sites excluding steroid dienone is 1. The fraction of sp³-hybridized carbons (Fsp3) is 0.704. The predicted molar refractivity (Wildman–Crippen MR) is 132 cm³/mol. The Morgan fingerprint density at radius 2 is 1.57 bits per heavy atom. The highest BCUT2D eigenvalue weighted by atomic mass is 79.9. The molecule has 0 radical (unpaired) electrons. The Morgan fingerprint density at radius 3 is 2.11 bits per heavy atom. The van der Waals surface area contributed by atoms with E-state index in [4.69, 9.17) is 0 Å². The number of rotatable bonds is 13. The number of hydrogen-bond donors (Lipinski definition) is 0. The van der Waals surface area contributed by atoms with E-state index in [1.807, 2.05) is 0 Å². The van der Waals surface area contributed by atoms with Crippen LogP contribution in [0.1, 0.15) is 110 Å². The van der Waals surface area contributed by atoms with Crippen LogP contribution < -0.4 is 0 Å². The summed E-state index contributed by atoms with van der Waals surface area (Å²) in [5, 5.41) is 0. The summed E-state index contributed by atoms with van der Waals surface area (Å²) in [7, 11) is 0. The molecular weight excluding hydrogens is 404 g/mol. The van der Waals surface area contributed by atoms with E-state index in [1.165, 1.54) is 61.6 Å². The minimum absolute atomic E-state index is 0.365. The number of alkyl halides is 1. The number of halogens is 1. The van der Waals surface area contributed by atoms with Crippen molar-refractivity contribution in [3.05, 3.63) is 47.5 Å². The molecule has 0 fully saturated rings. The lowest BCUT2D eigenvalue weighted by Gasteiger charge is -2.29. The van der Waals surface area contributed by atoms with E-state index in [0.29, 0.717) is 21.6 Å². The number of hydrogen-bond acceptors (Lipinski definition) is 0. The van der Waals surface area contributed by atoms with Crippen molar-refractivity contribution in [3.8, 4) is 0 Å². The van der Waals surface area contributed by atoms with Crippen LogP contribution in [0.5, 0.6) is 0 Å². The minimum atomic E-state index is 0.365. The topological polar surface area (TPSA) is 0 Å². The summed E-state index contributed by atoms with van der Waals surface area (Å²) >= 11 is 3.92. The zero-order valence-corrected chi connectivity index (χ0v) is 21.3. The molecule has 0 N–H and O–H groups in total. The van der Waals surface area contributed by atoms with Crippen molar-refractivity contribution in [2.45, 2.75) is 111 Å². The third kappa shape index (κ3) is 9.29. The van der Waals surface area contributed by atoms with Gasteiger partial charge in [0.05, 0.1) is 0 Å². The van der Waals surface area contributed by atoms with Crippen molar-refractivity contribution in [1.29, 1.82) is 0 Å². The lowest BCUT2D eigenvalue weighted by atomic mass is 9.78. The van der Waals surface area contributed by atoms with Gasteiger partial charge in [-0.05, 0) is 67.8 Å². The average molecular weight is 450 g/mol. The second-order valence-electron chi connectivity index (χ2n) is 10.4. The van der Waals surface area contributed by atoms with Gasteiger partial charge in [-0.3, -0.25) is 0 Å². The van der Waals surface area contributed by atoms with E-state index in [1.54, 1.807) is 0 Å². The third-order valence-corrected chi connectivity index (χ3v) is 7.73. The van der Waals surface area contributed by atoms with Crippen molar-refractivity contribution in [2.24, 2.45) is 10.8 Å². The van der Waals surface area contributed by atoms with Crippen LogP contribution in [0.4, 0.5) is 0 Å². The van der Waals surface area contributed by atoms with E-state index in [9.17, 15) is 0 Å². The molecule has 0 aliphatic carbocycles. The molecule has 0 spiro atoms. The minimum Gasteiger partial charge on any atom is -0.0987 e. The summed E-state index contributed by atoms with van der Waals surface area (Å²) < 4.78 is 0. The first-order valence-electron chi connectivity index (χ1n) is 11.4. The van der Waals surface area contributed by atoms with Crippen molar-refractivity contribution >= 4 is 15.9 Å². The van der Waals surface area contributed by atoms with Crippen LogP contribution in [0.2, 0.25) is 0 Å². The molecule has 2 unspecified atom stereocenters. The molecule has 1 rings (SSSR count). The molecule has 1 aromatic rings. The molecule has 160 valence electrons. The van der Waals surface area contributed by atoms with Gasteiger partial charge in [-0.25, -0.2) is 0 Å². The number of aryl methyl sites for hydroxylation is 1. The van der Waals surface area contributed by atoms with Gasteiger partial charge in [0.2, 0.25) is 0 Å². The van der Waals surface area contributed by atoms with Gasteiger partial charge in [-0.1, -0.05) is 112 Å². The van der Waals surface area contributed by atoms with Crippen LogP contribution in [0.25, 0.3) is 0 Å². The summed E-state index contributed by atoms with van der Waals surface area (Å²) in [5.74, 6) is 0.705. The maximum Gasteiger partial charge on any atom is 0.0352 e. The van der Waals surface area contributed by atoms with E-state index in [-0.39, 0.29) is 0 Å². The first kappa shape index (κ1) is 25.5. The fourth-order valence-electron chi connectivity index (χ4n) is 3.97. The van der Waals surface area contributed by atoms with E-state index in [0.717, 1.165) is 6.42 Å². The smallest absolute Gasteiger partial charge is 0.0352 e. The second-order valence-corrected chi connectivity index (χ2v) is 11.5. The van der Waals surface area contributed by atoms with Gasteiger partial charge in [-0.15, -0.1) is 0 Å². The molecule has 0 saturated carbocycles. The van der Waals surface area contributed by atoms with Crippen molar-refractivity contribution in [1.82, 2.24) is 0 Å². The summed E-state index contributed by atoms with van der Waals surface area (Å²) in [5.41, 5.74) is 5.00. The molecule has 0 aliphatic heterocycles. The zero-order chi connectivity index (χ0) is 21.4. The van der Waals surface area contributed by atoms with E-state index in [2.05, 4.69) is 95.2 Å². The molecule has 0 amide bonds. The summed E-state index contributed by atoms with van der Waals surface area (Å²) in [6.07, 6.45) is 9.94. The molecule has 0 nitrogen and oxygen atoms in total. The Bertz CT molecular complexity index is 579. The SMILES string of the molecule is C=C(CC(C)(C)CC)C(Br)CCC(C)(C)CCCC(CC)c1ccc(C)cc1. The van der Waals surface area contributed by atoms with Gasteiger partial charge in [0, 0.05) is 4.83 Å². The second kappa shape index (κ2) is 11.6. The van der Waals surface area contributed by atoms with E-state index < -0.39 is 0 Å². The summed E-state index contributed by atoms with van der Waals surface area (Å²) in [6.45, 7) is 20.7. The maximum atomic E-state index is 4.38. The quantitative estimate of drug-likeness (QED) is 0.208. The highest BCUT2D eigenvalue weighted by Gasteiger charge is 2.23. The largest absolute Gasteiger partial charge is 0.0987 e. The van der Waals surface area contributed by atoms with Gasteiger partial charge < -0.3 is 0 Å². The molecule has 1 aromatic carbocycles. The molecule has 0 aromatic heterocycles. The van der Waals surface area contributed by atoms with E-state index >= 15 is 0 Å². The highest BCUT2D eigenvalue weighted by Crippen LogP contribution is 2.37. The first-order valence-corrected chi connectivity index (χ1v) is 12.3. The van der Waals surface area contributed by atoms with Crippen LogP contribution in [0.15, 0.2) is 36.4 Å². The molecule has 28 heavy (non-hydrogen) atoms. The summed E-state index contributed by atoms with van der Waals surface area (Å²) in [6, 6.07) is 9.16. The predicted octanol–water partition coefficient (Wildman–Crippen LogP) is 9.61. The Hall–Kier alpha value is -0.560. The lowest BCUT2D eigenvalue weighted by Crippen LogP contribution is -2.18. The van der Waals surface area contributed by atoms with Gasteiger partial charge in [0.1, 0.15) is 0 Å². The number of benzene rings is 1. The molecule has 0 saturated heterocycles. The standard InChI is InChI=1S/C27H45Br/c1-9-23(24-15-13-21(3)14-16-24)12-11-18-27(7,8)19-17-25(28)22(4)20-26(5,6)10-2/h13-16,23,25H,4,9-12,17-20H2,1-3,5-8H3. The Balaban J connectivity index is 2.44. The monoisotopic (exact) mass is 448 g/mol. The van der Waals surface area contributed by atoms with Gasteiger partial charge in [-0.2, -0.15) is 0 Å². The fourth-order valence-corrected chi connectivity index (χ4v) is 4.36. The normalized spacial score (nSPS) is 14.7. The van der Waals surface area contributed by atoms with Crippen LogP contribution in [0.3, 0.4) is 0 Å². The molecule has 1 heteroatoms. The zero-order valence-electron chi connectivity index (χ0n) is 19.7. The van der Waals surface area contributed by atoms with Crippen LogP contribution in [0, 0.1) is 17.8 Å². The summed E-state index contributed by atoms with van der Waals surface area (Å²) in [4.78, 5) is 0.452. The Labute approximate surface area is 184 Å². The maximum absolute atomic E-state index is 4.38. The highest BCUT2D eigenvalue weighted by molar-refractivity contribution is 9.09. The first-order chi connectivity index (χ1) is 13.0. The Kier molecular flexibility index (Phi) is 10.5. The molecule has 2 atom stereocenters. The third-order valence-electron chi connectivity index (χ3n) is 6.63. The van der Waals surface area contributed by atoms with Crippen LogP contribution in [-0.4, -0.2) is 4.83 Å². The molecule has 0 heterocycles. The van der Waals surface area contributed by atoms with Crippen LogP contribution in [-0.2, 0) is 0 Å². The van der Waals surface area contributed by atoms with Crippen molar-refractivity contribution < 1.29 is 0 Å². The van der Waals surface area contributed by atoms with Gasteiger partial charge >= 0.3 is 0 Å². The van der Waals surface area contributed by atoms with Gasteiger partial charge in [0.25, 0.3) is 0 Å². The van der Waals surface area contributed by atoms with Crippen LogP contribution >= 0.6 is 15.9 Å². The average Bonchev–Trinajstić information content (AvgIpc) is 2.64. The van der Waals surface area contributed by atoms with Gasteiger partial charge in [0.15, 0.2) is 0 Å². The molecule has 0 bridgehead atoms. The molecule has 0 aliphatic rings. The van der Waals surface area contributed by atoms with Crippen molar-refractivity contribution in [3.63, 3.8) is 0 Å². The van der Waals surface area contributed by atoms with Crippen molar-refractivity contribution in [2.75, 3.05) is 0 Å². The Morgan fingerprint density at radius 1 is 0.964 bits per heavy atom.